The van der Waals surface area contributed by atoms with Crippen molar-refractivity contribution in [2.75, 3.05) is 16.4 Å². The van der Waals surface area contributed by atoms with Crippen molar-refractivity contribution in [2.45, 2.75) is 0 Å². The summed E-state index contributed by atoms with van der Waals surface area (Å²) in [7, 11) is 0. The van der Waals surface area contributed by atoms with E-state index in [0.29, 0.717) is 22.1 Å². The lowest BCUT2D eigenvalue weighted by atomic mass is 10.0. The second-order valence-corrected chi connectivity index (χ2v) is 7.35. The molecule has 0 radical (unpaired) electrons. The molecule has 0 spiro atoms. The summed E-state index contributed by atoms with van der Waals surface area (Å²) in [5, 5.41) is 8.31. The molecule has 0 aliphatic carbocycles. The smallest absolute Gasteiger partial charge is 0.323 e. The molecule has 0 aliphatic rings. The zero-order chi connectivity index (χ0) is 19.7. The molecule has 4 rings (SSSR count). The minimum absolute atomic E-state index is 0.0638. The highest BCUT2D eigenvalue weighted by Crippen LogP contribution is 2.37. The molecule has 0 fully saturated rings. The molecule has 2 heterocycles. The monoisotopic (exact) mass is 412 g/mol. The highest BCUT2D eigenvalue weighted by Gasteiger charge is 2.13. The molecule has 0 saturated heterocycles. The molecule has 2 aromatic heterocycles. The first-order chi connectivity index (χ1) is 13.5. The summed E-state index contributed by atoms with van der Waals surface area (Å²) in [6.45, 7) is 0. The number of nitrogens with zero attached hydrogens (tertiary/aromatic N) is 1. The maximum atomic E-state index is 14.6. The Bertz CT molecular complexity index is 1190. The van der Waals surface area contributed by atoms with Crippen LogP contribution < -0.4 is 16.4 Å². The number of hydrogen-bond donors (Lipinski definition) is 3. The molecule has 0 unspecified atom stereocenters. The lowest BCUT2D eigenvalue weighted by Crippen LogP contribution is -2.20. The maximum absolute atomic E-state index is 14.6. The third kappa shape index (κ3) is 3.62. The van der Waals surface area contributed by atoms with Gasteiger partial charge in [0.1, 0.15) is 11.6 Å². The third-order valence-electron chi connectivity index (χ3n) is 4.13. The van der Waals surface area contributed by atoms with Crippen molar-refractivity contribution in [3.63, 3.8) is 0 Å². The normalized spacial score (nSPS) is 10.8. The average Bonchev–Trinajstić information content (AvgIpc) is 3.09. The Labute approximate surface area is 169 Å². The summed E-state index contributed by atoms with van der Waals surface area (Å²) in [6, 6.07) is 12.6. The van der Waals surface area contributed by atoms with E-state index in [-0.39, 0.29) is 5.69 Å². The lowest BCUT2D eigenvalue weighted by Gasteiger charge is -2.10. The number of halogens is 2. The molecule has 5 nitrogen and oxygen atoms in total. The Balaban J connectivity index is 1.57. The molecule has 0 atom stereocenters. The zero-order valence-corrected chi connectivity index (χ0v) is 15.9. The number of amides is 2. The van der Waals surface area contributed by atoms with Crippen molar-refractivity contribution in [2.24, 2.45) is 0 Å². The number of aromatic nitrogens is 1. The number of anilines is 3. The fourth-order valence-corrected chi connectivity index (χ4v) is 4.02. The second kappa shape index (κ2) is 7.46. The molecule has 4 aromatic rings. The van der Waals surface area contributed by atoms with E-state index in [2.05, 4.69) is 15.6 Å². The van der Waals surface area contributed by atoms with Gasteiger partial charge in [0.15, 0.2) is 0 Å². The highest BCUT2D eigenvalue weighted by atomic mass is 35.5. The van der Waals surface area contributed by atoms with Crippen LogP contribution in [-0.2, 0) is 0 Å². The first kappa shape index (κ1) is 18.2. The van der Waals surface area contributed by atoms with E-state index >= 15 is 0 Å². The van der Waals surface area contributed by atoms with Crippen LogP contribution in [0.4, 0.5) is 26.4 Å². The zero-order valence-electron chi connectivity index (χ0n) is 14.4. The van der Waals surface area contributed by atoms with E-state index in [1.54, 1.807) is 36.5 Å². The second-order valence-electron chi connectivity index (χ2n) is 6.00. The topological polar surface area (TPSA) is 80.0 Å². The SMILES string of the molecule is Nc1nccc2scc(-c3ccc(NC(=O)Nc4cccc(Cl)c4)c(F)c3)c12. The number of hydrogen-bond acceptors (Lipinski definition) is 4. The Kier molecular flexibility index (Phi) is 4.85. The van der Waals surface area contributed by atoms with Crippen molar-refractivity contribution >= 4 is 56.2 Å². The lowest BCUT2D eigenvalue weighted by molar-refractivity contribution is 0.262. The van der Waals surface area contributed by atoms with Crippen LogP contribution >= 0.6 is 22.9 Å². The number of carbonyl (C=O) groups excluding carboxylic acids is 1. The number of thiophene rings is 1. The van der Waals surface area contributed by atoms with Crippen LogP contribution in [0.2, 0.25) is 5.02 Å². The summed E-state index contributed by atoms with van der Waals surface area (Å²) < 4.78 is 15.6. The number of rotatable bonds is 3. The van der Waals surface area contributed by atoms with Crippen LogP contribution in [0.5, 0.6) is 0 Å². The van der Waals surface area contributed by atoms with Crippen molar-refractivity contribution in [3.8, 4) is 11.1 Å². The maximum Gasteiger partial charge on any atom is 0.323 e. The van der Waals surface area contributed by atoms with E-state index in [1.165, 1.54) is 23.5 Å². The van der Waals surface area contributed by atoms with Gasteiger partial charge in [0.05, 0.1) is 5.69 Å². The molecule has 0 bridgehead atoms. The van der Waals surface area contributed by atoms with Gasteiger partial charge in [-0.15, -0.1) is 11.3 Å². The molecule has 0 saturated carbocycles. The number of benzene rings is 2. The van der Waals surface area contributed by atoms with Gasteiger partial charge in [0.2, 0.25) is 0 Å². The Morgan fingerprint density at radius 1 is 1.14 bits per heavy atom. The molecule has 0 aliphatic heterocycles. The molecule has 8 heteroatoms. The Hall–Kier alpha value is -3.16. The van der Waals surface area contributed by atoms with Crippen molar-refractivity contribution in [3.05, 3.63) is 70.9 Å². The van der Waals surface area contributed by atoms with Crippen LogP contribution in [0, 0.1) is 5.82 Å². The summed E-state index contributed by atoms with van der Waals surface area (Å²) in [5.74, 6) is -0.155. The molecule has 2 aromatic carbocycles. The number of pyridine rings is 1. The fraction of sp³-hybridized carbons (Fsp3) is 0. The summed E-state index contributed by atoms with van der Waals surface area (Å²) >= 11 is 7.40. The number of urea groups is 1. The molecule has 140 valence electrons. The Morgan fingerprint density at radius 3 is 2.79 bits per heavy atom. The van der Waals surface area contributed by atoms with Crippen molar-refractivity contribution in [1.29, 1.82) is 0 Å². The summed E-state index contributed by atoms with van der Waals surface area (Å²) in [6.07, 6.45) is 1.64. The van der Waals surface area contributed by atoms with E-state index in [4.69, 9.17) is 17.3 Å². The van der Waals surface area contributed by atoms with Gasteiger partial charge in [-0.3, -0.25) is 0 Å². The van der Waals surface area contributed by atoms with E-state index < -0.39 is 11.8 Å². The van der Waals surface area contributed by atoms with Crippen molar-refractivity contribution in [1.82, 2.24) is 4.98 Å². The van der Waals surface area contributed by atoms with Crippen LogP contribution in [-0.4, -0.2) is 11.0 Å². The van der Waals surface area contributed by atoms with Gasteiger partial charge in [-0.1, -0.05) is 23.7 Å². The van der Waals surface area contributed by atoms with Gasteiger partial charge in [0, 0.05) is 32.6 Å². The molecule has 28 heavy (non-hydrogen) atoms. The highest BCUT2D eigenvalue weighted by molar-refractivity contribution is 7.17. The van der Waals surface area contributed by atoms with Gasteiger partial charge in [-0.05, 0) is 47.3 Å². The summed E-state index contributed by atoms with van der Waals surface area (Å²) in [5.41, 5.74) is 8.02. The first-order valence-corrected chi connectivity index (χ1v) is 9.52. The van der Waals surface area contributed by atoms with Gasteiger partial charge in [0.25, 0.3) is 0 Å². The minimum atomic E-state index is -0.566. The van der Waals surface area contributed by atoms with Gasteiger partial charge in [-0.25, -0.2) is 14.2 Å². The molecule has 2 amide bonds. The average molecular weight is 413 g/mol. The van der Waals surface area contributed by atoms with Gasteiger partial charge < -0.3 is 16.4 Å². The number of nitrogens with two attached hydrogens (primary N) is 1. The molecular formula is C20H14ClFN4OS. The van der Waals surface area contributed by atoms with Crippen LogP contribution in [0.3, 0.4) is 0 Å². The van der Waals surface area contributed by atoms with E-state index in [0.717, 1.165) is 15.6 Å². The first-order valence-electron chi connectivity index (χ1n) is 8.26. The van der Waals surface area contributed by atoms with Crippen LogP contribution in [0.1, 0.15) is 0 Å². The number of nitrogen functional groups attached to an aromatic ring is 1. The number of fused-ring (bicyclic) bond motifs is 1. The standard InChI is InChI=1S/C20H14ClFN4OS/c21-12-2-1-3-13(9-12)25-20(27)26-16-5-4-11(8-15(16)22)14-10-28-17-6-7-24-19(23)18(14)17/h1-10H,(H2,23,24)(H2,25,26,27). The number of nitrogens with one attached hydrogen (secondary N) is 2. The predicted molar refractivity (Wildman–Crippen MR) is 114 cm³/mol. The third-order valence-corrected chi connectivity index (χ3v) is 5.31. The largest absolute Gasteiger partial charge is 0.383 e. The van der Waals surface area contributed by atoms with E-state index in [9.17, 15) is 9.18 Å². The molecular weight excluding hydrogens is 399 g/mol. The minimum Gasteiger partial charge on any atom is -0.383 e. The van der Waals surface area contributed by atoms with Crippen LogP contribution in [0.15, 0.2) is 60.1 Å². The summed E-state index contributed by atoms with van der Waals surface area (Å²) in [4.78, 5) is 16.2. The van der Waals surface area contributed by atoms with E-state index in [1.807, 2.05) is 11.4 Å². The predicted octanol–water partition coefficient (Wildman–Crippen LogP) is 5.98. The van der Waals surface area contributed by atoms with Crippen LogP contribution in [0.25, 0.3) is 21.2 Å². The van der Waals surface area contributed by atoms with Gasteiger partial charge >= 0.3 is 6.03 Å². The fourth-order valence-electron chi connectivity index (χ4n) is 2.86. The Morgan fingerprint density at radius 2 is 2.00 bits per heavy atom. The quantitative estimate of drug-likeness (QED) is 0.387. The number of carbonyl (C=O) groups is 1. The molecule has 4 N–H and O–H groups in total. The van der Waals surface area contributed by atoms with Crippen molar-refractivity contribution < 1.29 is 9.18 Å². The van der Waals surface area contributed by atoms with Gasteiger partial charge in [-0.2, -0.15) is 0 Å².